The van der Waals surface area contributed by atoms with Gasteiger partial charge in [-0.25, -0.2) is 4.79 Å². The zero-order valence-electron chi connectivity index (χ0n) is 16.0. The second kappa shape index (κ2) is 8.35. The van der Waals surface area contributed by atoms with E-state index in [2.05, 4.69) is 38.1 Å². The highest BCUT2D eigenvalue weighted by Gasteiger charge is 2.13. The molecule has 0 saturated carbocycles. The average Bonchev–Trinajstić information content (AvgIpc) is 2.84. The molecular formula is C24H28O2. The Hall–Kier alpha value is -2.35. The van der Waals surface area contributed by atoms with Crippen molar-refractivity contribution >= 4 is 17.6 Å². The van der Waals surface area contributed by atoms with E-state index in [1.165, 1.54) is 47.9 Å². The SMILES string of the molecule is CCOC(=O)c1ccc(C=C(C)c2ccc3c(c2)CCC(C)CC3)cc1. The van der Waals surface area contributed by atoms with Crippen molar-refractivity contribution in [2.24, 2.45) is 5.92 Å². The Morgan fingerprint density at radius 2 is 1.69 bits per heavy atom. The van der Waals surface area contributed by atoms with E-state index in [1.807, 2.05) is 31.2 Å². The number of ether oxygens (including phenoxy) is 1. The molecule has 2 aromatic carbocycles. The van der Waals surface area contributed by atoms with E-state index < -0.39 is 0 Å². The first-order valence-electron chi connectivity index (χ1n) is 9.64. The lowest BCUT2D eigenvalue weighted by Crippen LogP contribution is -2.03. The van der Waals surface area contributed by atoms with Crippen molar-refractivity contribution in [2.45, 2.75) is 46.5 Å². The summed E-state index contributed by atoms with van der Waals surface area (Å²) < 4.78 is 5.03. The van der Waals surface area contributed by atoms with Gasteiger partial charge in [0.25, 0.3) is 0 Å². The first-order valence-corrected chi connectivity index (χ1v) is 9.64. The van der Waals surface area contributed by atoms with E-state index in [9.17, 15) is 4.79 Å². The van der Waals surface area contributed by atoms with Crippen LogP contribution < -0.4 is 0 Å². The van der Waals surface area contributed by atoms with Crippen molar-refractivity contribution in [3.63, 3.8) is 0 Å². The van der Waals surface area contributed by atoms with Crippen molar-refractivity contribution in [3.8, 4) is 0 Å². The molecule has 0 bridgehead atoms. The van der Waals surface area contributed by atoms with Crippen molar-refractivity contribution in [1.29, 1.82) is 0 Å². The standard InChI is InChI=1S/C24H28O2/c1-4-26-24(25)21-11-7-19(8-12-21)15-18(3)22-14-13-20-9-5-17(2)6-10-23(20)16-22/h7-8,11-17H,4-6,9-10H2,1-3H3. The number of rotatable bonds is 4. The second-order valence-electron chi connectivity index (χ2n) is 7.34. The van der Waals surface area contributed by atoms with Gasteiger partial charge in [0.1, 0.15) is 0 Å². The number of hydrogen-bond acceptors (Lipinski definition) is 2. The third kappa shape index (κ3) is 4.43. The largest absolute Gasteiger partial charge is 0.462 e. The van der Waals surface area contributed by atoms with Crippen molar-refractivity contribution in [1.82, 2.24) is 0 Å². The Bertz CT molecular complexity index is 799. The van der Waals surface area contributed by atoms with Crippen LogP contribution in [0.15, 0.2) is 42.5 Å². The molecule has 2 heteroatoms. The smallest absolute Gasteiger partial charge is 0.338 e. The van der Waals surface area contributed by atoms with Gasteiger partial charge in [-0.05, 0) is 85.4 Å². The molecule has 1 unspecified atom stereocenters. The highest BCUT2D eigenvalue weighted by Crippen LogP contribution is 2.28. The van der Waals surface area contributed by atoms with Crippen LogP contribution in [0.3, 0.4) is 0 Å². The van der Waals surface area contributed by atoms with Crippen LogP contribution in [0.25, 0.3) is 11.6 Å². The number of benzene rings is 2. The van der Waals surface area contributed by atoms with E-state index in [1.54, 1.807) is 0 Å². The number of esters is 1. The maximum absolute atomic E-state index is 11.7. The van der Waals surface area contributed by atoms with E-state index in [-0.39, 0.29) is 5.97 Å². The predicted molar refractivity (Wildman–Crippen MR) is 108 cm³/mol. The lowest BCUT2D eigenvalue weighted by Gasteiger charge is -2.10. The lowest BCUT2D eigenvalue weighted by molar-refractivity contribution is 0.0526. The number of allylic oxidation sites excluding steroid dienone is 1. The van der Waals surface area contributed by atoms with Gasteiger partial charge in [-0.3, -0.25) is 0 Å². The average molecular weight is 348 g/mol. The zero-order chi connectivity index (χ0) is 18.5. The van der Waals surface area contributed by atoms with Crippen LogP contribution in [0.2, 0.25) is 0 Å². The van der Waals surface area contributed by atoms with Crippen LogP contribution in [-0.2, 0) is 17.6 Å². The summed E-state index contributed by atoms with van der Waals surface area (Å²) in [5.74, 6) is 0.556. The molecule has 0 radical (unpaired) electrons. The van der Waals surface area contributed by atoms with Crippen LogP contribution in [-0.4, -0.2) is 12.6 Å². The normalized spacial score (nSPS) is 17.3. The molecule has 0 aromatic heterocycles. The second-order valence-corrected chi connectivity index (χ2v) is 7.34. The Kier molecular flexibility index (Phi) is 5.92. The van der Waals surface area contributed by atoms with Crippen LogP contribution in [0.5, 0.6) is 0 Å². The molecule has 3 rings (SSSR count). The van der Waals surface area contributed by atoms with Crippen LogP contribution >= 0.6 is 0 Å². The van der Waals surface area contributed by atoms with Gasteiger partial charge in [0, 0.05) is 0 Å². The number of carbonyl (C=O) groups is 1. The topological polar surface area (TPSA) is 26.3 Å². The van der Waals surface area contributed by atoms with Gasteiger partial charge >= 0.3 is 5.97 Å². The van der Waals surface area contributed by atoms with E-state index in [0.717, 1.165) is 11.5 Å². The molecule has 136 valence electrons. The van der Waals surface area contributed by atoms with Crippen molar-refractivity contribution in [2.75, 3.05) is 6.61 Å². The quantitative estimate of drug-likeness (QED) is 0.388. The molecule has 0 spiro atoms. The van der Waals surface area contributed by atoms with Crippen molar-refractivity contribution in [3.05, 3.63) is 70.3 Å². The highest BCUT2D eigenvalue weighted by molar-refractivity contribution is 5.90. The van der Waals surface area contributed by atoms with Gasteiger partial charge in [-0.15, -0.1) is 0 Å². The van der Waals surface area contributed by atoms with E-state index in [4.69, 9.17) is 4.74 Å². The van der Waals surface area contributed by atoms with Crippen LogP contribution in [0, 0.1) is 5.92 Å². The number of aryl methyl sites for hydroxylation is 2. The summed E-state index contributed by atoms with van der Waals surface area (Å²) in [6.45, 7) is 6.73. The molecule has 0 amide bonds. The summed E-state index contributed by atoms with van der Waals surface area (Å²) in [5.41, 5.74) is 7.25. The molecule has 1 atom stereocenters. The maximum Gasteiger partial charge on any atom is 0.338 e. The first kappa shape index (κ1) is 18.4. The highest BCUT2D eigenvalue weighted by atomic mass is 16.5. The molecule has 0 aliphatic heterocycles. The Morgan fingerprint density at radius 3 is 2.38 bits per heavy atom. The van der Waals surface area contributed by atoms with Gasteiger partial charge < -0.3 is 4.74 Å². The van der Waals surface area contributed by atoms with E-state index in [0.29, 0.717) is 12.2 Å². The third-order valence-corrected chi connectivity index (χ3v) is 5.28. The summed E-state index contributed by atoms with van der Waals surface area (Å²) in [7, 11) is 0. The molecule has 0 N–H and O–H groups in total. The van der Waals surface area contributed by atoms with Crippen LogP contribution in [0.1, 0.15) is 66.2 Å². The summed E-state index contributed by atoms with van der Waals surface area (Å²) in [6, 6.07) is 14.5. The third-order valence-electron chi connectivity index (χ3n) is 5.28. The fourth-order valence-electron chi connectivity index (χ4n) is 3.56. The van der Waals surface area contributed by atoms with Crippen molar-refractivity contribution < 1.29 is 9.53 Å². The van der Waals surface area contributed by atoms with Gasteiger partial charge in [-0.1, -0.05) is 43.3 Å². The predicted octanol–water partition coefficient (Wildman–Crippen LogP) is 5.94. The molecule has 2 nitrogen and oxygen atoms in total. The first-order chi connectivity index (χ1) is 12.6. The molecule has 2 aromatic rings. The summed E-state index contributed by atoms with van der Waals surface area (Å²) >= 11 is 0. The monoisotopic (exact) mass is 348 g/mol. The minimum absolute atomic E-state index is 0.264. The van der Waals surface area contributed by atoms with Crippen LogP contribution in [0.4, 0.5) is 0 Å². The van der Waals surface area contributed by atoms with Gasteiger partial charge in [0.15, 0.2) is 0 Å². The fraction of sp³-hybridized carbons (Fsp3) is 0.375. The Morgan fingerprint density at radius 1 is 1.04 bits per heavy atom. The zero-order valence-corrected chi connectivity index (χ0v) is 16.0. The molecule has 0 saturated heterocycles. The molecule has 0 fully saturated rings. The minimum atomic E-state index is -0.264. The number of hydrogen-bond donors (Lipinski definition) is 0. The molecule has 26 heavy (non-hydrogen) atoms. The van der Waals surface area contributed by atoms with Gasteiger partial charge in [-0.2, -0.15) is 0 Å². The fourth-order valence-corrected chi connectivity index (χ4v) is 3.56. The molecule has 1 aliphatic rings. The number of carbonyl (C=O) groups excluding carboxylic acids is 1. The summed E-state index contributed by atoms with van der Waals surface area (Å²) in [4.78, 5) is 11.7. The lowest BCUT2D eigenvalue weighted by atomic mass is 9.96. The molecule has 1 aliphatic carbocycles. The molecule has 0 heterocycles. The summed E-state index contributed by atoms with van der Waals surface area (Å²) in [5, 5.41) is 0. The Balaban J connectivity index is 1.78. The Labute approximate surface area is 156 Å². The van der Waals surface area contributed by atoms with Gasteiger partial charge in [0.2, 0.25) is 0 Å². The van der Waals surface area contributed by atoms with Gasteiger partial charge in [0.05, 0.1) is 12.2 Å². The maximum atomic E-state index is 11.7. The molecular weight excluding hydrogens is 320 g/mol. The number of fused-ring (bicyclic) bond motifs is 1. The summed E-state index contributed by atoms with van der Waals surface area (Å²) in [6.07, 6.45) is 7.15. The minimum Gasteiger partial charge on any atom is -0.462 e. The van der Waals surface area contributed by atoms with E-state index >= 15 is 0 Å².